The molecule has 3 aromatic carbocycles. The lowest BCUT2D eigenvalue weighted by atomic mass is 9.74. The van der Waals surface area contributed by atoms with Crippen molar-refractivity contribution in [1.29, 1.82) is 0 Å². The van der Waals surface area contributed by atoms with Gasteiger partial charge in [0, 0.05) is 24.1 Å². The van der Waals surface area contributed by atoms with Crippen molar-refractivity contribution >= 4 is 17.6 Å². The first-order valence-corrected chi connectivity index (χ1v) is 12.4. The van der Waals surface area contributed by atoms with E-state index in [0.717, 1.165) is 5.56 Å². The molecule has 0 saturated carbocycles. The first-order chi connectivity index (χ1) is 18.4. The zero-order valence-corrected chi connectivity index (χ0v) is 21.5. The molecule has 0 aliphatic carbocycles. The zero-order chi connectivity index (χ0) is 28.3. The standard InChI is InChI=1S/C31H28F3NO4/c1-29(2,22-14-7-4-8-15-22)20-30(38,31(32,33)34)28(37)35-23-17-18-24-25(19-23)26(39-27(24)36)16-10-9-13-21-11-5-3-6-12-21/h3-8,11-12,14-15,17-19,26,38H,9,13,20H2,1-2H3,(H,35,37). The molecule has 2 N–H and O–H groups in total. The maximum atomic E-state index is 14.1. The molecular weight excluding hydrogens is 507 g/mol. The lowest BCUT2D eigenvalue weighted by Gasteiger charge is -2.36. The van der Waals surface area contributed by atoms with Crippen LogP contribution in [0, 0.1) is 11.8 Å². The number of carbonyl (C=O) groups is 2. The molecule has 1 aliphatic heterocycles. The van der Waals surface area contributed by atoms with Crippen LogP contribution in [0.5, 0.6) is 0 Å². The number of aliphatic hydroxyl groups is 1. The van der Waals surface area contributed by atoms with E-state index in [-0.39, 0.29) is 11.3 Å². The van der Waals surface area contributed by atoms with E-state index in [0.29, 0.717) is 24.0 Å². The van der Waals surface area contributed by atoms with E-state index in [2.05, 4.69) is 17.2 Å². The van der Waals surface area contributed by atoms with Crippen molar-refractivity contribution in [3.05, 3.63) is 101 Å². The fourth-order valence-electron chi connectivity index (χ4n) is 4.58. The predicted octanol–water partition coefficient (Wildman–Crippen LogP) is 6.13. The third kappa shape index (κ3) is 6.15. The number of anilines is 1. The Morgan fingerprint density at radius 2 is 1.64 bits per heavy atom. The van der Waals surface area contributed by atoms with Gasteiger partial charge in [-0.05, 0) is 41.2 Å². The summed E-state index contributed by atoms with van der Waals surface area (Å²) in [5.41, 5.74) is -2.67. The van der Waals surface area contributed by atoms with E-state index >= 15 is 0 Å². The van der Waals surface area contributed by atoms with Gasteiger partial charge >= 0.3 is 12.1 Å². The van der Waals surface area contributed by atoms with Gasteiger partial charge in [-0.15, -0.1) is 0 Å². The molecule has 4 rings (SSSR count). The van der Waals surface area contributed by atoms with Crippen molar-refractivity contribution in [2.24, 2.45) is 0 Å². The number of ether oxygens (including phenoxy) is 1. The SMILES string of the molecule is CC(C)(CC(O)(C(=O)Nc1ccc2c(c1)C(C#CCCc1ccccc1)OC2=O)C(F)(F)F)c1ccccc1. The van der Waals surface area contributed by atoms with Gasteiger partial charge in [0.2, 0.25) is 5.60 Å². The van der Waals surface area contributed by atoms with Crippen LogP contribution in [0.1, 0.15) is 59.8 Å². The summed E-state index contributed by atoms with van der Waals surface area (Å²) < 4.78 is 47.7. The molecule has 0 spiro atoms. The average Bonchev–Trinajstić information content (AvgIpc) is 3.21. The van der Waals surface area contributed by atoms with Crippen LogP contribution < -0.4 is 5.32 Å². The lowest BCUT2D eigenvalue weighted by Crippen LogP contribution is -2.57. The highest BCUT2D eigenvalue weighted by atomic mass is 19.4. The van der Waals surface area contributed by atoms with Crippen molar-refractivity contribution < 1.29 is 32.6 Å². The van der Waals surface area contributed by atoms with E-state index in [4.69, 9.17) is 4.74 Å². The van der Waals surface area contributed by atoms with E-state index in [1.165, 1.54) is 32.0 Å². The fourth-order valence-corrected chi connectivity index (χ4v) is 4.58. The molecule has 0 bridgehead atoms. The minimum atomic E-state index is -5.24. The van der Waals surface area contributed by atoms with E-state index < -0.39 is 41.6 Å². The van der Waals surface area contributed by atoms with Gasteiger partial charge in [-0.3, -0.25) is 4.79 Å². The molecule has 0 radical (unpaired) electrons. The van der Waals surface area contributed by atoms with Gasteiger partial charge in [0.1, 0.15) is 0 Å². The Morgan fingerprint density at radius 3 is 2.28 bits per heavy atom. The number of rotatable bonds is 7. The second kappa shape index (κ2) is 11.0. The number of nitrogens with one attached hydrogen (secondary N) is 1. The van der Waals surface area contributed by atoms with Gasteiger partial charge < -0.3 is 15.2 Å². The lowest BCUT2D eigenvalue weighted by molar-refractivity contribution is -0.254. The van der Waals surface area contributed by atoms with Crippen LogP contribution in [0.4, 0.5) is 18.9 Å². The molecule has 2 unspecified atom stereocenters. The van der Waals surface area contributed by atoms with E-state index in [1.54, 1.807) is 30.3 Å². The summed E-state index contributed by atoms with van der Waals surface area (Å²) >= 11 is 0. The average molecular weight is 536 g/mol. The van der Waals surface area contributed by atoms with Gasteiger partial charge in [0.15, 0.2) is 6.10 Å². The van der Waals surface area contributed by atoms with Crippen molar-refractivity contribution in [3.8, 4) is 11.8 Å². The van der Waals surface area contributed by atoms with Gasteiger partial charge in [-0.1, -0.05) is 86.4 Å². The van der Waals surface area contributed by atoms with Crippen LogP contribution in [0.3, 0.4) is 0 Å². The molecule has 202 valence electrons. The number of hydrogen-bond donors (Lipinski definition) is 2. The van der Waals surface area contributed by atoms with Crippen LogP contribution in [0.15, 0.2) is 78.9 Å². The first-order valence-electron chi connectivity index (χ1n) is 12.4. The van der Waals surface area contributed by atoms with Crippen molar-refractivity contribution in [2.45, 2.75) is 56.4 Å². The molecule has 0 saturated heterocycles. The topological polar surface area (TPSA) is 75.6 Å². The van der Waals surface area contributed by atoms with Gasteiger partial charge in [-0.2, -0.15) is 13.2 Å². The number of fused-ring (bicyclic) bond motifs is 1. The summed E-state index contributed by atoms with van der Waals surface area (Å²) in [6.07, 6.45) is -5.85. The molecule has 2 atom stereocenters. The number of aryl methyl sites for hydroxylation is 1. The number of carbonyl (C=O) groups excluding carboxylic acids is 2. The summed E-state index contributed by atoms with van der Waals surface area (Å²) in [5, 5.41) is 13.0. The van der Waals surface area contributed by atoms with Crippen LogP contribution >= 0.6 is 0 Å². The Bertz CT molecular complexity index is 1410. The van der Waals surface area contributed by atoms with E-state index in [9.17, 15) is 27.9 Å². The molecule has 3 aromatic rings. The Kier molecular flexibility index (Phi) is 7.84. The largest absolute Gasteiger partial charge is 0.441 e. The van der Waals surface area contributed by atoms with Crippen molar-refractivity contribution in [2.75, 3.05) is 5.32 Å². The Balaban J connectivity index is 1.53. The number of alkyl halides is 3. The number of hydrogen-bond acceptors (Lipinski definition) is 4. The molecule has 5 nitrogen and oxygen atoms in total. The summed E-state index contributed by atoms with van der Waals surface area (Å²) in [6, 6.07) is 22.1. The summed E-state index contributed by atoms with van der Waals surface area (Å²) in [4.78, 5) is 25.3. The summed E-state index contributed by atoms with van der Waals surface area (Å²) in [5.74, 6) is 3.64. The molecule has 1 aliphatic rings. The smallest absolute Gasteiger partial charge is 0.426 e. The van der Waals surface area contributed by atoms with Crippen molar-refractivity contribution in [1.82, 2.24) is 0 Å². The Hall–Kier alpha value is -4.09. The summed E-state index contributed by atoms with van der Waals surface area (Å²) in [7, 11) is 0. The normalized spacial score (nSPS) is 16.4. The number of benzene rings is 3. The molecule has 0 fully saturated rings. The number of esters is 1. The van der Waals surface area contributed by atoms with Gasteiger partial charge in [0.05, 0.1) is 5.56 Å². The third-order valence-corrected chi connectivity index (χ3v) is 6.75. The van der Waals surface area contributed by atoms with E-state index in [1.807, 2.05) is 30.3 Å². The number of halogens is 3. The molecular formula is C31H28F3NO4. The second-order valence-electron chi connectivity index (χ2n) is 10.1. The van der Waals surface area contributed by atoms with Crippen LogP contribution in [-0.4, -0.2) is 28.8 Å². The van der Waals surface area contributed by atoms with Crippen molar-refractivity contribution in [3.63, 3.8) is 0 Å². The van der Waals surface area contributed by atoms with Gasteiger partial charge in [-0.25, -0.2) is 4.79 Å². The highest BCUT2D eigenvalue weighted by Gasteiger charge is 2.61. The number of amides is 1. The minimum absolute atomic E-state index is 0.0201. The third-order valence-electron chi connectivity index (χ3n) is 6.75. The second-order valence-corrected chi connectivity index (χ2v) is 10.1. The Labute approximate surface area is 225 Å². The van der Waals surface area contributed by atoms with Crippen LogP contribution in [0.2, 0.25) is 0 Å². The molecule has 0 aromatic heterocycles. The van der Waals surface area contributed by atoms with Gasteiger partial charge in [0.25, 0.3) is 5.91 Å². The monoisotopic (exact) mass is 535 g/mol. The quantitative estimate of drug-likeness (QED) is 0.282. The zero-order valence-electron chi connectivity index (χ0n) is 21.5. The fraction of sp³-hybridized carbons (Fsp3) is 0.290. The summed E-state index contributed by atoms with van der Waals surface area (Å²) in [6.45, 7) is 3.07. The molecule has 1 heterocycles. The Morgan fingerprint density at radius 1 is 1.00 bits per heavy atom. The maximum absolute atomic E-state index is 14.1. The van der Waals surface area contributed by atoms with Crippen LogP contribution in [0.25, 0.3) is 0 Å². The molecule has 1 amide bonds. The first kappa shape index (κ1) is 27.9. The number of cyclic esters (lactones) is 1. The predicted molar refractivity (Wildman–Crippen MR) is 141 cm³/mol. The molecule has 8 heteroatoms. The highest BCUT2D eigenvalue weighted by molar-refractivity contribution is 6.00. The minimum Gasteiger partial charge on any atom is -0.441 e. The highest BCUT2D eigenvalue weighted by Crippen LogP contribution is 2.42. The van der Waals surface area contributed by atoms with Crippen LogP contribution in [-0.2, 0) is 21.4 Å². The molecule has 39 heavy (non-hydrogen) atoms. The maximum Gasteiger partial charge on any atom is 0.426 e.